The number of nitrogens with zero attached hydrogens (tertiary/aromatic N) is 2. The largest absolute Gasteiger partial charge is 0.292 e. The minimum absolute atomic E-state index is 0.535. The van der Waals surface area contributed by atoms with Gasteiger partial charge in [-0.25, -0.2) is 10.4 Å². The average molecular weight is 297 g/mol. The van der Waals surface area contributed by atoms with E-state index >= 15 is 0 Å². The number of nitrogens with one attached hydrogen (secondary N) is 1. The molecular formula is C19H27N3. The Morgan fingerprint density at radius 1 is 1.14 bits per heavy atom. The van der Waals surface area contributed by atoms with Crippen LogP contribution in [0.1, 0.15) is 49.1 Å². The molecule has 0 unspecified atom stereocenters. The van der Waals surface area contributed by atoms with Crippen molar-refractivity contribution in [2.75, 3.05) is 11.6 Å². The SMILES string of the molecule is CCN(NCc1ccccc1C(C)C)c1cc(C)cc(C)n1. The monoisotopic (exact) mass is 297 g/mol. The van der Waals surface area contributed by atoms with Crippen LogP contribution in [0.4, 0.5) is 5.82 Å². The van der Waals surface area contributed by atoms with Crippen LogP contribution in [0.3, 0.4) is 0 Å². The molecule has 0 fully saturated rings. The number of anilines is 1. The summed E-state index contributed by atoms with van der Waals surface area (Å²) in [5, 5.41) is 2.12. The molecule has 2 aromatic rings. The van der Waals surface area contributed by atoms with Crippen LogP contribution in [0.5, 0.6) is 0 Å². The van der Waals surface area contributed by atoms with Gasteiger partial charge in [0.25, 0.3) is 0 Å². The van der Waals surface area contributed by atoms with Crippen LogP contribution >= 0.6 is 0 Å². The van der Waals surface area contributed by atoms with E-state index < -0.39 is 0 Å². The van der Waals surface area contributed by atoms with Crippen molar-refractivity contribution in [3.05, 3.63) is 58.8 Å². The number of hydrazine groups is 1. The van der Waals surface area contributed by atoms with Crippen LogP contribution in [0.15, 0.2) is 36.4 Å². The first-order chi connectivity index (χ1) is 10.5. The van der Waals surface area contributed by atoms with Crippen LogP contribution in [0.25, 0.3) is 0 Å². The van der Waals surface area contributed by atoms with Crippen molar-refractivity contribution in [3.8, 4) is 0 Å². The van der Waals surface area contributed by atoms with E-state index in [1.54, 1.807) is 0 Å². The standard InChI is InChI=1S/C19H27N3/c1-6-22(19-12-15(4)11-16(5)21-19)20-13-17-9-7-8-10-18(17)14(2)3/h7-12,14,20H,6,13H2,1-5H3. The Balaban J connectivity index is 2.15. The molecule has 3 heteroatoms. The fourth-order valence-electron chi connectivity index (χ4n) is 2.75. The smallest absolute Gasteiger partial charge is 0.143 e. The Labute approximate surface area is 134 Å². The molecule has 22 heavy (non-hydrogen) atoms. The molecule has 0 bridgehead atoms. The van der Waals surface area contributed by atoms with E-state index in [1.165, 1.54) is 16.7 Å². The lowest BCUT2D eigenvalue weighted by Crippen LogP contribution is -2.38. The second-order valence-electron chi connectivity index (χ2n) is 6.08. The van der Waals surface area contributed by atoms with Gasteiger partial charge in [-0.2, -0.15) is 0 Å². The fourth-order valence-corrected chi connectivity index (χ4v) is 2.75. The van der Waals surface area contributed by atoms with E-state index in [1.807, 2.05) is 6.92 Å². The van der Waals surface area contributed by atoms with E-state index in [9.17, 15) is 0 Å². The molecule has 1 N–H and O–H groups in total. The molecular weight excluding hydrogens is 270 g/mol. The van der Waals surface area contributed by atoms with Gasteiger partial charge < -0.3 is 0 Å². The number of hydrogen-bond donors (Lipinski definition) is 1. The number of rotatable bonds is 6. The second-order valence-corrected chi connectivity index (χ2v) is 6.08. The predicted octanol–water partition coefficient (Wildman–Crippen LogP) is 4.35. The third-order valence-corrected chi connectivity index (χ3v) is 3.81. The summed E-state index contributed by atoms with van der Waals surface area (Å²) in [4.78, 5) is 4.64. The van der Waals surface area contributed by atoms with Gasteiger partial charge in [0.1, 0.15) is 5.82 Å². The Kier molecular flexibility index (Phi) is 5.56. The molecule has 0 amide bonds. The van der Waals surface area contributed by atoms with Gasteiger partial charge in [-0.1, -0.05) is 38.1 Å². The minimum Gasteiger partial charge on any atom is -0.292 e. The Morgan fingerprint density at radius 3 is 2.50 bits per heavy atom. The van der Waals surface area contributed by atoms with Gasteiger partial charge >= 0.3 is 0 Å². The van der Waals surface area contributed by atoms with Crippen molar-refractivity contribution in [2.45, 2.75) is 47.1 Å². The quantitative estimate of drug-likeness (QED) is 0.803. The van der Waals surface area contributed by atoms with Crippen LogP contribution in [0, 0.1) is 13.8 Å². The summed E-state index contributed by atoms with van der Waals surface area (Å²) in [6, 6.07) is 12.9. The topological polar surface area (TPSA) is 28.2 Å². The summed E-state index contributed by atoms with van der Waals surface area (Å²) in [7, 11) is 0. The van der Waals surface area contributed by atoms with Crippen molar-refractivity contribution in [1.29, 1.82) is 0 Å². The molecule has 1 heterocycles. The van der Waals surface area contributed by atoms with Crippen LogP contribution in [-0.4, -0.2) is 11.5 Å². The van der Waals surface area contributed by atoms with Crippen molar-refractivity contribution >= 4 is 5.82 Å². The summed E-state index contributed by atoms with van der Waals surface area (Å²) < 4.78 is 0. The second kappa shape index (κ2) is 7.41. The zero-order valence-corrected chi connectivity index (χ0v) is 14.4. The third-order valence-electron chi connectivity index (χ3n) is 3.81. The van der Waals surface area contributed by atoms with E-state index in [-0.39, 0.29) is 0 Å². The van der Waals surface area contributed by atoms with Gasteiger partial charge in [-0.3, -0.25) is 5.01 Å². The molecule has 0 aliphatic heterocycles. The summed E-state index contributed by atoms with van der Waals surface area (Å²) in [5.74, 6) is 1.52. The zero-order chi connectivity index (χ0) is 16.1. The van der Waals surface area contributed by atoms with Crippen molar-refractivity contribution < 1.29 is 0 Å². The molecule has 2 rings (SSSR count). The van der Waals surface area contributed by atoms with Gasteiger partial charge in [-0.05, 0) is 55.5 Å². The highest BCUT2D eigenvalue weighted by Crippen LogP contribution is 2.19. The van der Waals surface area contributed by atoms with Gasteiger partial charge in [0, 0.05) is 18.8 Å². The average Bonchev–Trinajstić information content (AvgIpc) is 2.47. The Hall–Kier alpha value is -1.87. The minimum atomic E-state index is 0.535. The zero-order valence-electron chi connectivity index (χ0n) is 14.4. The van der Waals surface area contributed by atoms with Gasteiger partial charge in [0.15, 0.2) is 0 Å². The summed E-state index contributed by atoms with van der Waals surface area (Å²) >= 11 is 0. The summed E-state index contributed by atoms with van der Waals surface area (Å²) in [5.41, 5.74) is 8.57. The molecule has 0 atom stereocenters. The normalized spacial score (nSPS) is 11.0. The Morgan fingerprint density at radius 2 is 1.86 bits per heavy atom. The molecule has 118 valence electrons. The maximum absolute atomic E-state index is 4.64. The summed E-state index contributed by atoms with van der Waals surface area (Å²) in [6.07, 6.45) is 0. The lowest BCUT2D eigenvalue weighted by molar-refractivity contribution is 0.622. The highest BCUT2D eigenvalue weighted by atomic mass is 15.5. The number of aryl methyl sites for hydroxylation is 2. The Bertz CT molecular complexity index is 600. The highest BCUT2D eigenvalue weighted by Gasteiger charge is 2.09. The number of hydrogen-bond acceptors (Lipinski definition) is 3. The van der Waals surface area contributed by atoms with E-state index in [0.29, 0.717) is 5.92 Å². The molecule has 1 aromatic carbocycles. The molecule has 0 radical (unpaired) electrons. The fraction of sp³-hybridized carbons (Fsp3) is 0.421. The lowest BCUT2D eigenvalue weighted by atomic mass is 9.97. The van der Waals surface area contributed by atoms with E-state index in [2.05, 4.69) is 79.5 Å². The number of aromatic nitrogens is 1. The first kappa shape index (κ1) is 16.5. The van der Waals surface area contributed by atoms with Gasteiger partial charge in [0.05, 0.1) is 0 Å². The number of benzene rings is 1. The molecule has 0 saturated carbocycles. The maximum atomic E-state index is 4.64. The first-order valence-electron chi connectivity index (χ1n) is 8.05. The van der Waals surface area contributed by atoms with E-state index in [0.717, 1.165) is 24.6 Å². The number of pyridine rings is 1. The van der Waals surface area contributed by atoms with Crippen molar-refractivity contribution in [1.82, 2.24) is 10.4 Å². The molecule has 0 aliphatic carbocycles. The molecule has 3 nitrogen and oxygen atoms in total. The molecule has 0 saturated heterocycles. The maximum Gasteiger partial charge on any atom is 0.143 e. The van der Waals surface area contributed by atoms with Gasteiger partial charge in [-0.15, -0.1) is 0 Å². The van der Waals surface area contributed by atoms with Crippen molar-refractivity contribution in [2.24, 2.45) is 0 Å². The van der Waals surface area contributed by atoms with Crippen molar-refractivity contribution in [3.63, 3.8) is 0 Å². The van der Waals surface area contributed by atoms with Gasteiger partial charge in [0.2, 0.25) is 0 Å². The predicted molar refractivity (Wildman–Crippen MR) is 94.1 cm³/mol. The molecule has 0 spiro atoms. The third kappa shape index (κ3) is 4.08. The molecule has 1 aromatic heterocycles. The molecule has 0 aliphatic rings. The summed E-state index contributed by atoms with van der Waals surface area (Å²) in [6.45, 7) is 12.5. The van der Waals surface area contributed by atoms with Crippen LogP contribution in [-0.2, 0) is 6.54 Å². The van der Waals surface area contributed by atoms with Crippen LogP contribution < -0.4 is 10.4 Å². The lowest BCUT2D eigenvalue weighted by Gasteiger charge is -2.25. The highest BCUT2D eigenvalue weighted by molar-refractivity contribution is 5.41. The van der Waals surface area contributed by atoms with E-state index in [4.69, 9.17) is 0 Å². The first-order valence-corrected chi connectivity index (χ1v) is 8.05. The van der Waals surface area contributed by atoms with Crippen LogP contribution in [0.2, 0.25) is 0 Å².